The van der Waals surface area contributed by atoms with Crippen LogP contribution in [0.1, 0.15) is 16.6 Å². The van der Waals surface area contributed by atoms with Crippen LogP contribution in [0.4, 0.5) is 0 Å². The number of thiophene rings is 1. The molecule has 0 saturated heterocycles. The maximum atomic E-state index is 6.26. The van der Waals surface area contributed by atoms with E-state index < -0.39 is 0 Å². The van der Waals surface area contributed by atoms with Gasteiger partial charge < -0.3 is 10.1 Å². The van der Waals surface area contributed by atoms with Crippen LogP contribution in [0.2, 0.25) is 9.36 Å². The van der Waals surface area contributed by atoms with Crippen LogP contribution in [0.25, 0.3) is 0 Å². The van der Waals surface area contributed by atoms with E-state index in [4.69, 9.17) is 27.9 Å². The average Bonchev–Trinajstić information content (AvgIpc) is 2.97. The first-order chi connectivity index (χ1) is 9.17. The number of halogens is 2. The molecule has 0 amide bonds. The van der Waals surface area contributed by atoms with E-state index in [1.165, 1.54) is 11.3 Å². The predicted molar refractivity (Wildman–Crippen MR) is 79.3 cm³/mol. The highest BCUT2D eigenvalue weighted by Gasteiger charge is 2.22. The molecule has 0 saturated carbocycles. The number of methoxy groups -OCH3 is 1. The second-order valence-electron chi connectivity index (χ2n) is 3.96. The van der Waals surface area contributed by atoms with Crippen LogP contribution in [-0.2, 0) is 11.3 Å². The van der Waals surface area contributed by atoms with E-state index in [0.717, 1.165) is 14.9 Å². The Morgan fingerprint density at radius 2 is 2.26 bits per heavy atom. The van der Waals surface area contributed by atoms with E-state index >= 15 is 0 Å². The van der Waals surface area contributed by atoms with Gasteiger partial charge >= 0.3 is 0 Å². The zero-order chi connectivity index (χ0) is 13.8. The number of ether oxygens (including phenoxy) is 1. The molecular weight excluding hydrogens is 305 g/mol. The van der Waals surface area contributed by atoms with Gasteiger partial charge in [0, 0.05) is 12.0 Å². The Hall–Kier alpha value is -0.590. The number of hydrogen-bond donors (Lipinski definition) is 1. The number of hydrogen-bond acceptors (Lipinski definition) is 4. The summed E-state index contributed by atoms with van der Waals surface area (Å²) in [5.41, 5.74) is 0.930. The Balaban J connectivity index is 2.34. The molecule has 0 aromatic carbocycles. The molecule has 19 heavy (non-hydrogen) atoms. The fraction of sp³-hybridized carbons (Fsp3) is 0.417. The molecule has 4 nitrogen and oxygen atoms in total. The maximum Gasteiger partial charge on any atom is 0.0931 e. The van der Waals surface area contributed by atoms with Crippen molar-refractivity contribution in [3.63, 3.8) is 0 Å². The molecule has 1 N–H and O–H groups in total. The molecule has 1 unspecified atom stereocenters. The number of rotatable bonds is 6. The Morgan fingerprint density at radius 1 is 1.47 bits per heavy atom. The van der Waals surface area contributed by atoms with Crippen molar-refractivity contribution in [2.75, 3.05) is 20.8 Å². The van der Waals surface area contributed by atoms with Crippen LogP contribution in [0.15, 0.2) is 18.3 Å². The smallest absolute Gasteiger partial charge is 0.0931 e. The summed E-state index contributed by atoms with van der Waals surface area (Å²) in [6, 6.07) is 3.86. The van der Waals surface area contributed by atoms with Gasteiger partial charge in [-0.3, -0.25) is 4.68 Å². The molecule has 0 bridgehead atoms. The van der Waals surface area contributed by atoms with Crippen molar-refractivity contribution in [1.82, 2.24) is 15.1 Å². The number of nitrogens with one attached hydrogen (secondary N) is 1. The van der Waals surface area contributed by atoms with Crippen LogP contribution in [0, 0.1) is 0 Å². The van der Waals surface area contributed by atoms with Crippen LogP contribution in [-0.4, -0.2) is 30.5 Å². The van der Waals surface area contributed by atoms with Crippen molar-refractivity contribution in [2.45, 2.75) is 12.6 Å². The summed E-state index contributed by atoms with van der Waals surface area (Å²) in [6.07, 6.45) is 1.66. The summed E-state index contributed by atoms with van der Waals surface area (Å²) < 4.78 is 7.71. The molecule has 2 aromatic heterocycles. The normalized spacial score (nSPS) is 12.8. The minimum Gasteiger partial charge on any atom is -0.383 e. The third-order valence-corrected chi connectivity index (χ3v) is 4.37. The van der Waals surface area contributed by atoms with Gasteiger partial charge in [0.1, 0.15) is 0 Å². The Labute approximate surface area is 126 Å². The lowest BCUT2D eigenvalue weighted by molar-refractivity contribution is 0.182. The van der Waals surface area contributed by atoms with Crippen molar-refractivity contribution < 1.29 is 4.74 Å². The van der Waals surface area contributed by atoms with Gasteiger partial charge in [-0.05, 0) is 19.2 Å². The van der Waals surface area contributed by atoms with Gasteiger partial charge in [0.15, 0.2) is 0 Å². The molecule has 2 heterocycles. The summed E-state index contributed by atoms with van der Waals surface area (Å²) in [7, 11) is 3.56. The molecule has 0 spiro atoms. The predicted octanol–water partition coefficient (Wildman–Crippen LogP) is 3.21. The van der Waals surface area contributed by atoms with E-state index in [1.807, 2.05) is 23.9 Å². The maximum absolute atomic E-state index is 6.26. The van der Waals surface area contributed by atoms with Gasteiger partial charge in [0.25, 0.3) is 0 Å². The molecule has 0 aliphatic carbocycles. The second kappa shape index (κ2) is 6.72. The van der Waals surface area contributed by atoms with Gasteiger partial charge in [-0.1, -0.05) is 23.2 Å². The molecule has 0 aliphatic heterocycles. The zero-order valence-corrected chi connectivity index (χ0v) is 13.0. The Kier molecular flexibility index (Phi) is 5.24. The van der Waals surface area contributed by atoms with Crippen molar-refractivity contribution in [2.24, 2.45) is 0 Å². The second-order valence-corrected chi connectivity index (χ2v) is 6.11. The monoisotopic (exact) mass is 319 g/mol. The molecule has 104 valence electrons. The van der Waals surface area contributed by atoms with Gasteiger partial charge in [-0.15, -0.1) is 11.3 Å². The van der Waals surface area contributed by atoms with Crippen molar-refractivity contribution >= 4 is 34.5 Å². The first-order valence-corrected chi connectivity index (χ1v) is 7.37. The SMILES string of the molecule is CNC(c1ccc(Cl)s1)c1c(Cl)cnn1CCOC. The average molecular weight is 320 g/mol. The molecule has 2 rings (SSSR count). The molecular formula is C12H15Cl2N3OS. The largest absolute Gasteiger partial charge is 0.383 e. The fourth-order valence-electron chi connectivity index (χ4n) is 1.91. The van der Waals surface area contributed by atoms with E-state index in [2.05, 4.69) is 10.4 Å². The van der Waals surface area contributed by atoms with Crippen molar-refractivity contribution in [1.29, 1.82) is 0 Å². The number of aromatic nitrogens is 2. The fourth-order valence-corrected chi connectivity index (χ4v) is 3.34. The standard InChI is InChI=1S/C12H15Cl2N3OS/c1-15-11(9-3-4-10(14)19-9)12-8(13)7-16-17(12)5-6-18-2/h3-4,7,11,15H,5-6H2,1-2H3. The van der Waals surface area contributed by atoms with Crippen LogP contribution in [0.3, 0.4) is 0 Å². The third-order valence-electron chi connectivity index (χ3n) is 2.78. The van der Waals surface area contributed by atoms with Gasteiger partial charge in [-0.25, -0.2) is 0 Å². The van der Waals surface area contributed by atoms with Gasteiger partial charge in [0.2, 0.25) is 0 Å². The summed E-state index contributed by atoms with van der Waals surface area (Å²) >= 11 is 13.8. The van der Waals surface area contributed by atoms with E-state index in [-0.39, 0.29) is 6.04 Å². The van der Waals surface area contributed by atoms with E-state index in [0.29, 0.717) is 18.2 Å². The summed E-state index contributed by atoms with van der Waals surface area (Å²) in [5, 5.41) is 8.19. The minimum absolute atomic E-state index is 0.0237. The van der Waals surface area contributed by atoms with E-state index in [1.54, 1.807) is 13.3 Å². The number of nitrogens with zero attached hydrogens (tertiary/aromatic N) is 2. The lowest BCUT2D eigenvalue weighted by Gasteiger charge is -2.17. The molecule has 7 heteroatoms. The molecule has 0 aliphatic rings. The summed E-state index contributed by atoms with van der Waals surface area (Å²) in [6.45, 7) is 1.25. The molecule has 0 fully saturated rings. The lowest BCUT2D eigenvalue weighted by atomic mass is 10.1. The molecule has 1 atom stereocenters. The Bertz CT molecular complexity index is 541. The summed E-state index contributed by atoms with van der Waals surface area (Å²) in [5.74, 6) is 0. The highest BCUT2D eigenvalue weighted by atomic mass is 35.5. The molecule has 2 aromatic rings. The Morgan fingerprint density at radius 3 is 2.84 bits per heavy atom. The first kappa shape index (κ1) is 14.8. The minimum atomic E-state index is -0.0237. The van der Waals surface area contributed by atoms with E-state index in [9.17, 15) is 0 Å². The lowest BCUT2D eigenvalue weighted by Crippen LogP contribution is -2.22. The molecule has 0 radical (unpaired) electrons. The highest BCUT2D eigenvalue weighted by molar-refractivity contribution is 7.16. The van der Waals surface area contributed by atoms with Gasteiger partial charge in [-0.2, -0.15) is 5.10 Å². The van der Waals surface area contributed by atoms with Crippen LogP contribution < -0.4 is 5.32 Å². The zero-order valence-electron chi connectivity index (χ0n) is 10.7. The van der Waals surface area contributed by atoms with Crippen molar-refractivity contribution in [3.8, 4) is 0 Å². The topological polar surface area (TPSA) is 39.1 Å². The highest BCUT2D eigenvalue weighted by Crippen LogP contribution is 2.33. The van der Waals surface area contributed by atoms with Crippen LogP contribution in [0.5, 0.6) is 0 Å². The first-order valence-electron chi connectivity index (χ1n) is 5.80. The third kappa shape index (κ3) is 3.30. The van der Waals surface area contributed by atoms with Gasteiger partial charge in [0.05, 0.1) is 40.4 Å². The van der Waals surface area contributed by atoms with Crippen molar-refractivity contribution in [3.05, 3.63) is 38.3 Å². The summed E-state index contributed by atoms with van der Waals surface area (Å²) in [4.78, 5) is 1.11. The quantitative estimate of drug-likeness (QED) is 0.888. The van der Waals surface area contributed by atoms with Crippen LogP contribution >= 0.6 is 34.5 Å².